The van der Waals surface area contributed by atoms with Gasteiger partial charge in [0.1, 0.15) is 4.87 Å². The minimum atomic E-state index is -0.868. The standard InChI is InChI=1S/C11H12ClN3OS/c1-15-10(17-2)13-9(16)8(14-15)11(12)6-4-3-5-7-11/h3-6H,7H2,1-2H3. The first-order valence-corrected chi connectivity index (χ1v) is 6.70. The van der Waals surface area contributed by atoms with Crippen LogP contribution in [0.1, 0.15) is 12.1 Å². The van der Waals surface area contributed by atoms with Crippen molar-refractivity contribution in [2.75, 3.05) is 6.26 Å². The van der Waals surface area contributed by atoms with Crippen LogP contribution in [0.4, 0.5) is 0 Å². The Morgan fingerprint density at radius 2 is 2.29 bits per heavy atom. The fourth-order valence-electron chi connectivity index (χ4n) is 1.66. The van der Waals surface area contributed by atoms with Gasteiger partial charge < -0.3 is 0 Å². The molecule has 4 nitrogen and oxygen atoms in total. The number of rotatable bonds is 2. The van der Waals surface area contributed by atoms with E-state index in [-0.39, 0.29) is 11.3 Å². The van der Waals surface area contributed by atoms with Gasteiger partial charge in [0.15, 0.2) is 10.9 Å². The summed E-state index contributed by atoms with van der Waals surface area (Å²) >= 11 is 7.79. The molecule has 1 aromatic heterocycles. The van der Waals surface area contributed by atoms with Crippen molar-refractivity contribution in [2.24, 2.45) is 7.05 Å². The minimum Gasteiger partial charge on any atom is -0.265 e. The zero-order valence-corrected chi connectivity index (χ0v) is 11.1. The van der Waals surface area contributed by atoms with Crippen LogP contribution in [0.15, 0.2) is 34.3 Å². The van der Waals surface area contributed by atoms with Crippen LogP contribution in [0, 0.1) is 0 Å². The van der Waals surface area contributed by atoms with Crippen molar-refractivity contribution < 1.29 is 0 Å². The third-order valence-corrected chi connectivity index (χ3v) is 3.71. The minimum absolute atomic E-state index is 0.278. The number of alkyl halides is 1. The lowest BCUT2D eigenvalue weighted by molar-refractivity contribution is 0.557. The van der Waals surface area contributed by atoms with Gasteiger partial charge in [-0.25, -0.2) is 4.68 Å². The molecule has 1 aliphatic rings. The van der Waals surface area contributed by atoms with Crippen LogP contribution in [-0.2, 0) is 11.9 Å². The highest BCUT2D eigenvalue weighted by Gasteiger charge is 2.32. The van der Waals surface area contributed by atoms with Crippen molar-refractivity contribution in [1.82, 2.24) is 14.8 Å². The van der Waals surface area contributed by atoms with Gasteiger partial charge in [-0.15, -0.1) is 11.6 Å². The molecule has 1 unspecified atom stereocenters. The van der Waals surface area contributed by atoms with E-state index in [0.29, 0.717) is 11.6 Å². The van der Waals surface area contributed by atoms with Gasteiger partial charge in [0.25, 0.3) is 5.56 Å². The van der Waals surface area contributed by atoms with Crippen molar-refractivity contribution in [3.8, 4) is 0 Å². The number of aryl methyl sites for hydroxylation is 1. The molecular weight excluding hydrogens is 258 g/mol. The van der Waals surface area contributed by atoms with Crippen molar-refractivity contribution in [3.63, 3.8) is 0 Å². The first kappa shape index (κ1) is 12.4. The third-order valence-electron chi connectivity index (χ3n) is 2.53. The number of hydrogen-bond donors (Lipinski definition) is 0. The van der Waals surface area contributed by atoms with Crippen LogP contribution >= 0.6 is 23.4 Å². The van der Waals surface area contributed by atoms with Crippen LogP contribution in [0.25, 0.3) is 0 Å². The van der Waals surface area contributed by atoms with E-state index in [2.05, 4.69) is 10.1 Å². The van der Waals surface area contributed by atoms with Gasteiger partial charge in [0, 0.05) is 7.05 Å². The molecule has 1 heterocycles. The topological polar surface area (TPSA) is 47.8 Å². The molecule has 0 radical (unpaired) electrons. The number of thioether (sulfide) groups is 1. The van der Waals surface area contributed by atoms with Crippen molar-refractivity contribution in [1.29, 1.82) is 0 Å². The monoisotopic (exact) mass is 269 g/mol. The number of nitrogens with zero attached hydrogens (tertiary/aromatic N) is 3. The van der Waals surface area contributed by atoms with E-state index in [0.717, 1.165) is 0 Å². The Morgan fingerprint density at radius 1 is 1.53 bits per heavy atom. The molecule has 17 heavy (non-hydrogen) atoms. The summed E-state index contributed by atoms with van der Waals surface area (Å²) in [5, 5.41) is 4.82. The Balaban J connectivity index is 2.53. The Bertz CT molecular complexity index is 552. The van der Waals surface area contributed by atoms with Crippen molar-refractivity contribution in [2.45, 2.75) is 16.5 Å². The molecule has 6 heteroatoms. The van der Waals surface area contributed by atoms with E-state index >= 15 is 0 Å². The maximum absolute atomic E-state index is 11.9. The van der Waals surface area contributed by atoms with Crippen LogP contribution in [-0.4, -0.2) is 21.0 Å². The second kappa shape index (κ2) is 4.66. The highest BCUT2D eigenvalue weighted by atomic mass is 35.5. The van der Waals surface area contributed by atoms with Gasteiger partial charge in [-0.1, -0.05) is 36.1 Å². The number of aromatic nitrogens is 3. The summed E-state index contributed by atoms with van der Waals surface area (Å²) in [6.07, 6.45) is 9.81. The van der Waals surface area contributed by atoms with E-state index in [9.17, 15) is 4.79 Å². The quantitative estimate of drug-likeness (QED) is 0.607. The second-order valence-corrected chi connectivity index (χ2v) is 5.18. The second-order valence-electron chi connectivity index (χ2n) is 3.73. The Morgan fingerprint density at radius 3 is 2.88 bits per heavy atom. The van der Waals surface area contributed by atoms with Gasteiger partial charge in [0.2, 0.25) is 0 Å². The third kappa shape index (κ3) is 2.30. The van der Waals surface area contributed by atoms with Crippen LogP contribution in [0.5, 0.6) is 0 Å². The molecule has 1 aliphatic carbocycles. The normalized spacial score (nSPS) is 23.0. The van der Waals surface area contributed by atoms with E-state index in [1.54, 1.807) is 17.8 Å². The summed E-state index contributed by atoms with van der Waals surface area (Å²) in [6, 6.07) is 0. The molecule has 0 saturated heterocycles. The van der Waals surface area contributed by atoms with Crippen molar-refractivity contribution >= 4 is 23.4 Å². The van der Waals surface area contributed by atoms with Crippen molar-refractivity contribution in [3.05, 3.63) is 40.4 Å². The molecule has 0 amide bonds. The summed E-state index contributed by atoms with van der Waals surface area (Å²) in [6.45, 7) is 0. The summed E-state index contributed by atoms with van der Waals surface area (Å²) in [5.41, 5.74) is -0.0810. The van der Waals surface area contributed by atoms with Gasteiger partial charge in [-0.2, -0.15) is 10.1 Å². The molecule has 1 atom stereocenters. The molecule has 1 aromatic rings. The first-order valence-electron chi connectivity index (χ1n) is 5.10. The van der Waals surface area contributed by atoms with Gasteiger partial charge in [-0.05, 0) is 12.7 Å². The predicted molar refractivity (Wildman–Crippen MR) is 69.5 cm³/mol. The Kier molecular flexibility index (Phi) is 3.40. The fraction of sp³-hybridized carbons (Fsp3) is 0.364. The maximum Gasteiger partial charge on any atom is 0.297 e. The number of allylic oxidation sites excluding steroid dienone is 4. The highest BCUT2D eigenvalue weighted by Crippen LogP contribution is 2.33. The largest absolute Gasteiger partial charge is 0.297 e. The summed E-state index contributed by atoms with van der Waals surface area (Å²) in [4.78, 5) is 15.0. The molecule has 0 aromatic carbocycles. The zero-order chi connectivity index (χ0) is 12.5. The SMILES string of the molecule is CSc1nc(=O)c(C2(Cl)C=CC=CC2)nn1C. The molecule has 90 valence electrons. The van der Waals surface area contributed by atoms with Gasteiger partial charge >= 0.3 is 0 Å². The van der Waals surface area contributed by atoms with Gasteiger partial charge in [-0.3, -0.25) is 4.79 Å². The Hall–Kier alpha value is -1.07. The predicted octanol–water partition coefficient (Wildman–Crippen LogP) is 1.85. The smallest absolute Gasteiger partial charge is 0.265 e. The zero-order valence-electron chi connectivity index (χ0n) is 9.55. The molecular formula is C11H12ClN3OS. The van der Waals surface area contributed by atoms with E-state index in [1.165, 1.54) is 11.8 Å². The highest BCUT2D eigenvalue weighted by molar-refractivity contribution is 7.98. The van der Waals surface area contributed by atoms with Crippen LogP contribution in [0.2, 0.25) is 0 Å². The first-order chi connectivity index (χ1) is 8.07. The summed E-state index contributed by atoms with van der Waals surface area (Å²) in [5.74, 6) is 0. The maximum atomic E-state index is 11.9. The van der Waals surface area contributed by atoms with Crippen LogP contribution < -0.4 is 5.56 Å². The number of hydrogen-bond acceptors (Lipinski definition) is 4. The molecule has 0 bridgehead atoms. The lowest BCUT2D eigenvalue weighted by Gasteiger charge is -2.22. The summed E-state index contributed by atoms with van der Waals surface area (Å²) in [7, 11) is 1.75. The van der Waals surface area contributed by atoms with E-state index in [1.807, 2.05) is 24.5 Å². The molecule has 0 N–H and O–H groups in total. The fourth-order valence-corrected chi connectivity index (χ4v) is 2.42. The average molecular weight is 270 g/mol. The van der Waals surface area contributed by atoms with E-state index < -0.39 is 4.87 Å². The molecule has 0 aliphatic heterocycles. The molecule has 0 fully saturated rings. The van der Waals surface area contributed by atoms with E-state index in [4.69, 9.17) is 11.6 Å². The molecule has 0 saturated carbocycles. The molecule has 2 rings (SSSR count). The molecule has 0 spiro atoms. The van der Waals surface area contributed by atoms with Crippen LogP contribution in [0.3, 0.4) is 0 Å². The number of halogens is 1. The lowest BCUT2D eigenvalue weighted by atomic mass is 9.96. The average Bonchev–Trinajstić information content (AvgIpc) is 2.32. The summed E-state index contributed by atoms with van der Waals surface area (Å²) < 4.78 is 1.58. The lowest BCUT2D eigenvalue weighted by Crippen LogP contribution is -2.31. The van der Waals surface area contributed by atoms with Gasteiger partial charge in [0.05, 0.1) is 0 Å². The Labute approximate surface area is 108 Å².